The topological polar surface area (TPSA) is 81.2 Å². The number of hydrogen-bond donors (Lipinski definition) is 1. The van der Waals surface area contributed by atoms with Crippen LogP contribution in [0.3, 0.4) is 0 Å². The molecule has 0 aliphatic rings. The Balaban J connectivity index is 2.29. The number of methoxy groups -OCH3 is 2. The minimum absolute atomic E-state index is 0.200. The van der Waals surface area contributed by atoms with Crippen molar-refractivity contribution in [1.29, 1.82) is 5.26 Å². The number of nitrogen functional groups attached to an aromatic ring is 1. The fraction of sp³-hybridized carbons (Fsp3) is 0.143. The van der Waals surface area contributed by atoms with Crippen molar-refractivity contribution in [3.63, 3.8) is 0 Å². The van der Waals surface area contributed by atoms with Gasteiger partial charge in [-0.05, 0) is 42.3 Å². The number of pyridine rings is 1. The van der Waals surface area contributed by atoms with Crippen molar-refractivity contribution < 1.29 is 9.47 Å². The van der Waals surface area contributed by atoms with E-state index in [1.165, 1.54) is 0 Å². The van der Waals surface area contributed by atoms with Gasteiger partial charge in [0.2, 0.25) is 0 Å². The van der Waals surface area contributed by atoms with Gasteiger partial charge >= 0.3 is 0 Å². The first-order chi connectivity index (χ1) is 13.0. The Labute approximate surface area is 166 Å². The number of nitriles is 1. The van der Waals surface area contributed by atoms with Gasteiger partial charge in [0.05, 0.1) is 19.9 Å². The summed E-state index contributed by atoms with van der Waals surface area (Å²) in [5.74, 6) is 1.40. The molecule has 0 atom stereocenters. The van der Waals surface area contributed by atoms with E-state index in [9.17, 15) is 5.26 Å². The third kappa shape index (κ3) is 3.46. The average molecular weight is 424 g/mol. The van der Waals surface area contributed by atoms with Crippen molar-refractivity contribution >= 4 is 21.7 Å². The molecule has 1 heterocycles. The lowest BCUT2D eigenvalue weighted by molar-refractivity contribution is 0.355. The zero-order chi connectivity index (χ0) is 19.6. The number of ether oxygens (including phenoxy) is 2. The number of aromatic nitrogens is 1. The van der Waals surface area contributed by atoms with Crippen LogP contribution in [0.25, 0.3) is 22.4 Å². The standard InChI is InChI=1S/C21H18BrN3O2/c1-12-19(14-6-9-17(26-2)18(10-14)27-3)16(11-23)21(24)25-20(12)13-4-7-15(22)8-5-13/h4-10H,1-3H3,(H2,24,25). The van der Waals surface area contributed by atoms with Crippen LogP contribution >= 0.6 is 15.9 Å². The number of rotatable bonds is 4. The summed E-state index contributed by atoms with van der Waals surface area (Å²) in [4.78, 5) is 4.49. The van der Waals surface area contributed by atoms with Crippen LogP contribution < -0.4 is 15.2 Å². The van der Waals surface area contributed by atoms with Crippen molar-refractivity contribution in [2.75, 3.05) is 20.0 Å². The summed E-state index contributed by atoms with van der Waals surface area (Å²) in [6.07, 6.45) is 0. The normalized spacial score (nSPS) is 10.3. The third-order valence-electron chi connectivity index (χ3n) is 4.37. The molecule has 0 spiro atoms. The van der Waals surface area contributed by atoms with E-state index < -0.39 is 0 Å². The molecule has 0 bridgehead atoms. The van der Waals surface area contributed by atoms with Crippen molar-refractivity contribution in [2.45, 2.75) is 6.92 Å². The van der Waals surface area contributed by atoms with E-state index in [-0.39, 0.29) is 5.82 Å². The highest BCUT2D eigenvalue weighted by Gasteiger charge is 2.19. The zero-order valence-electron chi connectivity index (χ0n) is 15.2. The maximum absolute atomic E-state index is 9.68. The molecule has 5 nitrogen and oxygen atoms in total. The van der Waals surface area contributed by atoms with E-state index in [0.717, 1.165) is 32.4 Å². The molecular weight excluding hydrogens is 406 g/mol. The molecule has 0 radical (unpaired) electrons. The SMILES string of the molecule is COc1ccc(-c2c(C)c(-c3ccc(Br)cc3)nc(N)c2C#N)cc1OC. The number of anilines is 1. The smallest absolute Gasteiger partial charge is 0.161 e. The van der Waals surface area contributed by atoms with Gasteiger partial charge in [-0.2, -0.15) is 5.26 Å². The summed E-state index contributed by atoms with van der Waals surface area (Å²) in [5.41, 5.74) is 10.6. The maximum atomic E-state index is 9.68. The van der Waals surface area contributed by atoms with E-state index in [0.29, 0.717) is 17.1 Å². The fourth-order valence-corrected chi connectivity index (χ4v) is 3.31. The van der Waals surface area contributed by atoms with Crippen LogP contribution in [0.15, 0.2) is 46.9 Å². The minimum atomic E-state index is 0.200. The summed E-state index contributed by atoms with van der Waals surface area (Å²) in [6.45, 7) is 1.94. The molecule has 0 fully saturated rings. The molecule has 0 amide bonds. The Morgan fingerprint density at radius 2 is 1.63 bits per heavy atom. The number of halogens is 1. The Morgan fingerprint density at radius 3 is 2.22 bits per heavy atom. The predicted octanol–water partition coefficient (Wildman–Crippen LogP) is 4.96. The predicted molar refractivity (Wildman–Crippen MR) is 110 cm³/mol. The number of nitrogens with two attached hydrogens (primary N) is 1. The summed E-state index contributed by atoms with van der Waals surface area (Å²) in [5, 5.41) is 9.68. The van der Waals surface area contributed by atoms with Gasteiger partial charge in [0, 0.05) is 15.6 Å². The second-order valence-corrected chi connectivity index (χ2v) is 6.82. The van der Waals surface area contributed by atoms with Crippen LogP contribution in [0.4, 0.5) is 5.82 Å². The molecule has 6 heteroatoms. The lowest BCUT2D eigenvalue weighted by Crippen LogP contribution is -2.03. The van der Waals surface area contributed by atoms with Gasteiger partial charge in [-0.1, -0.05) is 34.1 Å². The highest BCUT2D eigenvalue weighted by molar-refractivity contribution is 9.10. The molecule has 136 valence electrons. The molecule has 0 saturated heterocycles. The second kappa shape index (κ2) is 7.68. The monoisotopic (exact) mass is 423 g/mol. The summed E-state index contributed by atoms with van der Waals surface area (Å²) in [6, 6.07) is 15.5. The van der Waals surface area contributed by atoms with Crippen molar-refractivity contribution in [3.8, 4) is 40.0 Å². The van der Waals surface area contributed by atoms with Gasteiger partial charge in [-0.25, -0.2) is 4.98 Å². The molecule has 3 aromatic rings. The molecule has 0 aliphatic carbocycles. The molecule has 2 N–H and O–H groups in total. The van der Waals surface area contributed by atoms with E-state index in [1.807, 2.05) is 49.4 Å². The van der Waals surface area contributed by atoms with E-state index >= 15 is 0 Å². The summed E-state index contributed by atoms with van der Waals surface area (Å²) < 4.78 is 11.7. The zero-order valence-corrected chi connectivity index (χ0v) is 16.8. The minimum Gasteiger partial charge on any atom is -0.493 e. The molecule has 1 aromatic heterocycles. The Hall–Kier alpha value is -3.04. The van der Waals surface area contributed by atoms with Crippen LogP contribution in [0.2, 0.25) is 0 Å². The molecule has 0 unspecified atom stereocenters. The highest BCUT2D eigenvalue weighted by atomic mass is 79.9. The van der Waals surface area contributed by atoms with Crippen molar-refractivity contribution in [2.24, 2.45) is 0 Å². The average Bonchev–Trinajstić information content (AvgIpc) is 2.69. The van der Waals surface area contributed by atoms with Crippen LogP contribution in [-0.2, 0) is 0 Å². The molecule has 0 saturated carbocycles. The Bertz CT molecular complexity index is 1040. The van der Waals surface area contributed by atoms with Crippen LogP contribution in [0.5, 0.6) is 11.5 Å². The number of hydrogen-bond acceptors (Lipinski definition) is 5. The van der Waals surface area contributed by atoms with Gasteiger partial charge in [0.15, 0.2) is 11.5 Å². The van der Waals surface area contributed by atoms with E-state index in [1.54, 1.807) is 14.2 Å². The third-order valence-corrected chi connectivity index (χ3v) is 4.90. The van der Waals surface area contributed by atoms with Crippen LogP contribution in [0, 0.1) is 18.3 Å². The lowest BCUT2D eigenvalue weighted by Gasteiger charge is -2.16. The quantitative estimate of drug-likeness (QED) is 0.641. The first-order valence-electron chi connectivity index (χ1n) is 8.18. The Kier molecular flexibility index (Phi) is 5.33. The van der Waals surface area contributed by atoms with Crippen molar-refractivity contribution in [3.05, 3.63) is 58.1 Å². The molecular formula is C21H18BrN3O2. The maximum Gasteiger partial charge on any atom is 0.161 e. The molecule has 3 rings (SSSR count). The van der Waals surface area contributed by atoms with Crippen LogP contribution in [0.1, 0.15) is 11.1 Å². The fourth-order valence-electron chi connectivity index (χ4n) is 3.05. The van der Waals surface area contributed by atoms with Gasteiger partial charge < -0.3 is 15.2 Å². The van der Waals surface area contributed by atoms with Gasteiger partial charge in [-0.3, -0.25) is 0 Å². The van der Waals surface area contributed by atoms with Crippen molar-refractivity contribution in [1.82, 2.24) is 4.98 Å². The highest BCUT2D eigenvalue weighted by Crippen LogP contribution is 2.39. The lowest BCUT2D eigenvalue weighted by atomic mass is 9.92. The second-order valence-electron chi connectivity index (χ2n) is 5.91. The first kappa shape index (κ1) is 18.7. The molecule has 2 aromatic carbocycles. The largest absolute Gasteiger partial charge is 0.493 e. The van der Waals surface area contributed by atoms with E-state index in [2.05, 4.69) is 27.0 Å². The molecule has 27 heavy (non-hydrogen) atoms. The Morgan fingerprint density at radius 1 is 1.00 bits per heavy atom. The molecule has 0 aliphatic heterocycles. The van der Waals surface area contributed by atoms with E-state index in [4.69, 9.17) is 15.2 Å². The summed E-state index contributed by atoms with van der Waals surface area (Å²) in [7, 11) is 3.16. The van der Waals surface area contributed by atoms with Gasteiger partial charge in [0.25, 0.3) is 0 Å². The first-order valence-corrected chi connectivity index (χ1v) is 8.98. The summed E-state index contributed by atoms with van der Waals surface area (Å²) >= 11 is 3.44. The number of nitrogens with zero attached hydrogens (tertiary/aromatic N) is 2. The number of benzene rings is 2. The van der Waals surface area contributed by atoms with Crippen LogP contribution in [-0.4, -0.2) is 19.2 Å². The van der Waals surface area contributed by atoms with Gasteiger partial charge in [-0.15, -0.1) is 0 Å². The van der Waals surface area contributed by atoms with Gasteiger partial charge in [0.1, 0.15) is 17.5 Å².